The van der Waals surface area contributed by atoms with Crippen LogP contribution in [0.2, 0.25) is 0 Å². The molecule has 1 N–H and O–H groups in total. The summed E-state index contributed by atoms with van der Waals surface area (Å²) in [5.41, 5.74) is 3.97. The van der Waals surface area contributed by atoms with Crippen LogP contribution in [0.5, 0.6) is 0 Å². The van der Waals surface area contributed by atoms with Gasteiger partial charge in [-0.2, -0.15) is 0 Å². The number of rotatable bonds is 3. The van der Waals surface area contributed by atoms with Crippen LogP contribution in [-0.4, -0.2) is 12.2 Å². The molecule has 0 heterocycles. The molecule has 0 radical (unpaired) electrons. The van der Waals surface area contributed by atoms with Crippen molar-refractivity contribution in [3.8, 4) is 0 Å². The van der Waals surface area contributed by atoms with Gasteiger partial charge in [-0.3, -0.25) is 9.59 Å². The average molecular weight is 269 g/mol. The van der Waals surface area contributed by atoms with Crippen molar-refractivity contribution >= 4 is 17.9 Å². The molecule has 3 heteroatoms. The van der Waals surface area contributed by atoms with Crippen molar-refractivity contribution in [2.24, 2.45) is 5.92 Å². The molecule has 20 heavy (non-hydrogen) atoms. The number of aldehydes is 1. The number of nitrogens with one attached hydrogen (secondary N) is 1. The first kappa shape index (κ1) is 14.3. The SMILES string of the molecule is CC1=CC(C)CC=C1C(=O)Nc1ccc(C=O)c(C)c1. The minimum atomic E-state index is -0.0936. The molecule has 0 bridgehead atoms. The molecule has 2 rings (SSSR count). The maximum atomic E-state index is 12.3. The van der Waals surface area contributed by atoms with E-state index in [-0.39, 0.29) is 5.91 Å². The first-order valence-electron chi connectivity index (χ1n) is 6.77. The van der Waals surface area contributed by atoms with Gasteiger partial charge in [0.05, 0.1) is 0 Å². The van der Waals surface area contributed by atoms with E-state index in [1.807, 2.05) is 26.0 Å². The van der Waals surface area contributed by atoms with Crippen molar-refractivity contribution in [2.45, 2.75) is 27.2 Å². The molecule has 1 amide bonds. The highest BCUT2D eigenvalue weighted by atomic mass is 16.1. The molecule has 3 nitrogen and oxygen atoms in total. The van der Waals surface area contributed by atoms with Gasteiger partial charge in [-0.25, -0.2) is 0 Å². The molecule has 1 aliphatic carbocycles. The van der Waals surface area contributed by atoms with Gasteiger partial charge in [0.2, 0.25) is 0 Å². The number of benzene rings is 1. The molecule has 1 aliphatic rings. The van der Waals surface area contributed by atoms with Crippen molar-refractivity contribution in [1.29, 1.82) is 0 Å². The van der Waals surface area contributed by atoms with Crippen molar-refractivity contribution in [3.63, 3.8) is 0 Å². The van der Waals surface area contributed by atoms with Gasteiger partial charge in [-0.05, 0) is 55.5 Å². The largest absolute Gasteiger partial charge is 0.322 e. The van der Waals surface area contributed by atoms with Crippen molar-refractivity contribution in [2.75, 3.05) is 5.32 Å². The number of amides is 1. The average Bonchev–Trinajstić information content (AvgIpc) is 2.38. The van der Waals surface area contributed by atoms with Crippen LogP contribution in [0.4, 0.5) is 5.69 Å². The van der Waals surface area contributed by atoms with Gasteiger partial charge < -0.3 is 5.32 Å². The van der Waals surface area contributed by atoms with Gasteiger partial charge in [0.15, 0.2) is 0 Å². The van der Waals surface area contributed by atoms with E-state index in [2.05, 4.69) is 18.3 Å². The van der Waals surface area contributed by atoms with Crippen LogP contribution in [0, 0.1) is 12.8 Å². The monoisotopic (exact) mass is 269 g/mol. The summed E-state index contributed by atoms with van der Waals surface area (Å²) in [7, 11) is 0. The van der Waals surface area contributed by atoms with Gasteiger partial charge in [-0.15, -0.1) is 0 Å². The summed E-state index contributed by atoms with van der Waals surface area (Å²) < 4.78 is 0. The van der Waals surface area contributed by atoms with Crippen LogP contribution in [0.3, 0.4) is 0 Å². The first-order valence-corrected chi connectivity index (χ1v) is 6.77. The van der Waals surface area contributed by atoms with E-state index in [4.69, 9.17) is 0 Å². The smallest absolute Gasteiger partial charge is 0.255 e. The number of allylic oxidation sites excluding steroid dienone is 2. The Kier molecular flexibility index (Phi) is 4.18. The van der Waals surface area contributed by atoms with E-state index in [0.717, 1.165) is 29.4 Å². The van der Waals surface area contributed by atoms with Crippen molar-refractivity contribution in [1.82, 2.24) is 0 Å². The minimum Gasteiger partial charge on any atom is -0.322 e. The fourth-order valence-corrected chi connectivity index (χ4v) is 2.41. The molecule has 104 valence electrons. The highest BCUT2D eigenvalue weighted by molar-refractivity contribution is 6.07. The summed E-state index contributed by atoms with van der Waals surface area (Å²) >= 11 is 0. The van der Waals surface area contributed by atoms with E-state index in [9.17, 15) is 9.59 Å². The lowest BCUT2D eigenvalue weighted by Crippen LogP contribution is -2.17. The standard InChI is InChI=1S/C17H19NO2/c1-11-4-7-16(13(3)8-11)17(20)18-15-6-5-14(10-19)12(2)9-15/h5-11H,4H2,1-3H3,(H,18,20). The van der Waals surface area contributed by atoms with E-state index >= 15 is 0 Å². The summed E-state index contributed by atoms with van der Waals surface area (Å²) in [4.78, 5) is 23.0. The number of hydrogen-bond acceptors (Lipinski definition) is 2. The van der Waals surface area contributed by atoms with E-state index in [1.165, 1.54) is 0 Å². The normalized spacial score (nSPS) is 18.1. The summed E-state index contributed by atoms with van der Waals surface area (Å²) in [6, 6.07) is 5.28. The second kappa shape index (κ2) is 5.87. The van der Waals surface area contributed by atoms with Crippen molar-refractivity contribution < 1.29 is 9.59 Å². The van der Waals surface area contributed by atoms with E-state index < -0.39 is 0 Å². The fraction of sp³-hybridized carbons (Fsp3) is 0.294. The third-order valence-corrected chi connectivity index (χ3v) is 3.55. The molecule has 0 fully saturated rings. The lowest BCUT2D eigenvalue weighted by molar-refractivity contribution is -0.112. The van der Waals surface area contributed by atoms with Crippen LogP contribution < -0.4 is 5.32 Å². The number of aryl methyl sites for hydroxylation is 1. The van der Waals surface area contributed by atoms with Crippen molar-refractivity contribution in [3.05, 3.63) is 52.6 Å². The first-order chi connectivity index (χ1) is 9.51. The molecular weight excluding hydrogens is 250 g/mol. The summed E-state index contributed by atoms with van der Waals surface area (Å²) in [6.45, 7) is 5.95. The summed E-state index contributed by atoms with van der Waals surface area (Å²) in [6.07, 6.45) is 5.82. The Morgan fingerprint density at radius 3 is 2.70 bits per heavy atom. The number of hydrogen-bond donors (Lipinski definition) is 1. The molecule has 1 unspecified atom stereocenters. The molecule has 0 aromatic heterocycles. The Morgan fingerprint density at radius 1 is 1.35 bits per heavy atom. The third-order valence-electron chi connectivity index (χ3n) is 3.55. The minimum absolute atomic E-state index is 0.0936. The predicted molar refractivity (Wildman–Crippen MR) is 80.8 cm³/mol. The molecule has 1 aromatic rings. The predicted octanol–water partition coefficient (Wildman–Crippen LogP) is 3.66. The van der Waals surface area contributed by atoms with Gasteiger partial charge in [0.1, 0.15) is 6.29 Å². The highest BCUT2D eigenvalue weighted by Gasteiger charge is 2.16. The van der Waals surface area contributed by atoms with Crippen LogP contribution in [-0.2, 0) is 4.79 Å². The number of carbonyl (C=O) groups excluding carboxylic acids is 2. The molecule has 0 spiro atoms. The van der Waals surface area contributed by atoms with E-state index in [0.29, 0.717) is 17.2 Å². The zero-order valence-corrected chi connectivity index (χ0v) is 12.1. The molecule has 0 saturated heterocycles. The Balaban J connectivity index is 2.15. The fourth-order valence-electron chi connectivity index (χ4n) is 2.41. The van der Waals surface area contributed by atoms with Crippen LogP contribution in [0.15, 0.2) is 41.5 Å². The molecule has 1 atom stereocenters. The van der Waals surface area contributed by atoms with Gasteiger partial charge in [0.25, 0.3) is 5.91 Å². The highest BCUT2D eigenvalue weighted by Crippen LogP contribution is 2.24. The molecule has 0 aliphatic heterocycles. The Hall–Kier alpha value is -2.16. The number of carbonyl (C=O) groups is 2. The zero-order valence-electron chi connectivity index (χ0n) is 12.1. The molecule has 0 saturated carbocycles. The second-order valence-electron chi connectivity index (χ2n) is 5.32. The van der Waals surface area contributed by atoms with E-state index in [1.54, 1.807) is 12.1 Å². The zero-order chi connectivity index (χ0) is 14.7. The van der Waals surface area contributed by atoms with Gasteiger partial charge >= 0.3 is 0 Å². The summed E-state index contributed by atoms with van der Waals surface area (Å²) in [5.74, 6) is 0.393. The van der Waals surface area contributed by atoms with Gasteiger partial charge in [-0.1, -0.05) is 19.1 Å². The maximum absolute atomic E-state index is 12.3. The molecular formula is C17H19NO2. The molecule has 1 aromatic carbocycles. The number of anilines is 1. The Bertz CT molecular complexity index is 611. The lowest BCUT2D eigenvalue weighted by Gasteiger charge is -2.17. The second-order valence-corrected chi connectivity index (χ2v) is 5.32. The van der Waals surface area contributed by atoms with Gasteiger partial charge in [0, 0.05) is 16.8 Å². The quantitative estimate of drug-likeness (QED) is 0.851. The van der Waals surface area contributed by atoms with Crippen LogP contribution in [0.1, 0.15) is 36.2 Å². The van der Waals surface area contributed by atoms with Crippen LogP contribution >= 0.6 is 0 Å². The Labute approximate surface area is 119 Å². The third kappa shape index (κ3) is 3.05. The maximum Gasteiger partial charge on any atom is 0.255 e. The summed E-state index contributed by atoms with van der Waals surface area (Å²) in [5, 5.41) is 2.89. The van der Waals surface area contributed by atoms with Crippen LogP contribution in [0.25, 0.3) is 0 Å². The topological polar surface area (TPSA) is 46.2 Å². The Morgan fingerprint density at radius 2 is 2.10 bits per heavy atom. The lowest BCUT2D eigenvalue weighted by atomic mass is 9.92.